The van der Waals surface area contributed by atoms with Crippen LogP contribution in [0.1, 0.15) is 18.5 Å². The van der Waals surface area contributed by atoms with Crippen molar-refractivity contribution in [2.24, 2.45) is 5.73 Å². The van der Waals surface area contributed by atoms with Gasteiger partial charge in [0.25, 0.3) is 0 Å². The van der Waals surface area contributed by atoms with Gasteiger partial charge in [-0.05, 0) is 35.5 Å². The zero-order chi connectivity index (χ0) is 11.5. The molecule has 2 aromatic carbocycles. The minimum absolute atomic E-state index is 0.128. The van der Waals surface area contributed by atoms with E-state index in [0.29, 0.717) is 5.11 Å². The minimum atomic E-state index is 0.128. The molecule has 0 aliphatic carbocycles. The second kappa shape index (κ2) is 4.49. The van der Waals surface area contributed by atoms with Crippen LogP contribution in [0.4, 0.5) is 0 Å². The highest BCUT2D eigenvalue weighted by molar-refractivity contribution is 7.80. The van der Waals surface area contributed by atoms with Crippen molar-refractivity contribution in [3.8, 4) is 0 Å². The van der Waals surface area contributed by atoms with Gasteiger partial charge >= 0.3 is 0 Å². The first-order valence-corrected chi connectivity index (χ1v) is 5.63. The Morgan fingerprint density at radius 3 is 2.62 bits per heavy atom. The maximum absolute atomic E-state index is 5.50. The molecule has 3 heteroatoms. The van der Waals surface area contributed by atoms with Crippen LogP contribution in [0, 0.1) is 0 Å². The molecule has 0 heterocycles. The van der Waals surface area contributed by atoms with Crippen LogP contribution in [0.3, 0.4) is 0 Å². The topological polar surface area (TPSA) is 38.0 Å². The second-order valence-corrected chi connectivity index (χ2v) is 4.24. The van der Waals surface area contributed by atoms with E-state index in [1.807, 2.05) is 12.1 Å². The smallest absolute Gasteiger partial charge is 0.164 e. The lowest BCUT2D eigenvalue weighted by Crippen LogP contribution is -2.31. The van der Waals surface area contributed by atoms with Crippen molar-refractivity contribution in [3.05, 3.63) is 48.0 Å². The fraction of sp³-hybridized carbons (Fsp3) is 0.154. The Hall–Kier alpha value is -1.61. The summed E-state index contributed by atoms with van der Waals surface area (Å²) in [4.78, 5) is 0. The lowest BCUT2D eigenvalue weighted by atomic mass is 10.00. The molecule has 82 valence electrons. The Kier molecular flexibility index (Phi) is 3.06. The van der Waals surface area contributed by atoms with Gasteiger partial charge in [-0.15, -0.1) is 0 Å². The number of benzene rings is 2. The summed E-state index contributed by atoms with van der Waals surface area (Å²) >= 11 is 4.86. The monoisotopic (exact) mass is 230 g/mol. The van der Waals surface area contributed by atoms with E-state index in [4.69, 9.17) is 18.0 Å². The summed E-state index contributed by atoms with van der Waals surface area (Å²) in [5.74, 6) is 0. The molecule has 0 fully saturated rings. The van der Waals surface area contributed by atoms with E-state index in [0.717, 1.165) is 0 Å². The molecule has 0 aliphatic rings. The van der Waals surface area contributed by atoms with Gasteiger partial charge in [0, 0.05) is 0 Å². The van der Waals surface area contributed by atoms with Gasteiger partial charge in [-0.3, -0.25) is 0 Å². The maximum atomic E-state index is 5.50. The van der Waals surface area contributed by atoms with Gasteiger partial charge < -0.3 is 11.1 Å². The number of hydrogen-bond acceptors (Lipinski definition) is 1. The van der Waals surface area contributed by atoms with Crippen molar-refractivity contribution in [1.29, 1.82) is 0 Å². The molecule has 0 aliphatic heterocycles. The van der Waals surface area contributed by atoms with E-state index in [1.165, 1.54) is 16.3 Å². The van der Waals surface area contributed by atoms with Crippen molar-refractivity contribution < 1.29 is 0 Å². The third kappa shape index (κ3) is 2.14. The SMILES string of the molecule is C[C@@H](NC(N)=S)c1cccc2ccccc12. The Morgan fingerprint density at radius 1 is 1.19 bits per heavy atom. The van der Waals surface area contributed by atoms with Crippen molar-refractivity contribution in [3.63, 3.8) is 0 Å². The van der Waals surface area contributed by atoms with Gasteiger partial charge in [-0.25, -0.2) is 0 Å². The molecule has 0 bridgehead atoms. The number of hydrogen-bond donors (Lipinski definition) is 2. The Morgan fingerprint density at radius 2 is 1.88 bits per heavy atom. The van der Waals surface area contributed by atoms with Gasteiger partial charge in [0.15, 0.2) is 5.11 Å². The van der Waals surface area contributed by atoms with Crippen LogP contribution in [0.2, 0.25) is 0 Å². The molecule has 2 aromatic rings. The van der Waals surface area contributed by atoms with Gasteiger partial charge in [0.05, 0.1) is 6.04 Å². The van der Waals surface area contributed by atoms with E-state index in [9.17, 15) is 0 Å². The molecular formula is C13H14N2S. The van der Waals surface area contributed by atoms with Crippen LogP contribution in [-0.4, -0.2) is 5.11 Å². The molecule has 3 N–H and O–H groups in total. The largest absolute Gasteiger partial charge is 0.376 e. The Labute approximate surface area is 100 Å². The van der Waals surface area contributed by atoms with Crippen molar-refractivity contribution in [2.45, 2.75) is 13.0 Å². The molecule has 1 atom stereocenters. The van der Waals surface area contributed by atoms with E-state index >= 15 is 0 Å². The van der Waals surface area contributed by atoms with Crippen LogP contribution in [-0.2, 0) is 0 Å². The zero-order valence-corrected chi connectivity index (χ0v) is 9.92. The first-order chi connectivity index (χ1) is 7.68. The third-order valence-corrected chi connectivity index (χ3v) is 2.77. The van der Waals surface area contributed by atoms with Crippen LogP contribution in [0.25, 0.3) is 10.8 Å². The average molecular weight is 230 g/mol. The quantitative estimate of drug-likeness (QED) is 0.779. The molecule has 16 heavy (non-hydrogen) atoms. The standard InChI is InChI=1S/C13H14N2S/c1-9(15-13(14)16)11-8-4-6-10-5-2-3-7-12(10)11/h2-9H,1H3,(H3,14,15,16)/t9-/m1/s1. The Bertz CT molecular complexity index is 517. The van der Waals surface area contributed by atoms with Crippen LogP contribution < -0.4 is 11.1 Å². The molecule has 2 rings (SSSR count). The first kappa shape index (κ1) is 10.9. The highest BCUT2D eigenvalue weighted by Crippen LogP contribution is 2.23. The van der Waals surface area contributed by atoms with Crippen LogP contribution in [0.15, 0.2) is 42.5 Å². The van der Waals surface area contributed by atoms with Crippen LogP contribution >= 0.6 is 12.2 Å². The summed E-state index contributed by atoms with van der Waals surface area (Å²) in [6, 6.07) is 14.7. The van der Waals surface area contributed by atoms with Crippen molar-refractivity contribution >= 4 is 28.1 Å². The van der Waals surface area contributed by atoms with E-state index in [2.05, 4.69) is 42.6 Å². The minimum Gasteiger partial charge on any atom is -0.376 e. The number of nitrogens with two attached hydrogens (primary N) is 1. The summed E-state index contributed by atoms with van der Waals surface area (Å²) in [5.41, 5.74) is 6.71. The fourth-order valence-electron chi connectivity index (χ4n) is 1.92. The molecule has 0 saturated carbocycles. The molecule has 0 radical (unpaired) electrons. The molecule has 0 spiro atoms. The first-order valence-electron chi connectivity index (χ1n) is 5.22. The summed E-state index contributed by atoms with van der Waals surface area (Å²) in [7, 11) is 0. The second-order valence-electron chi connectivity index (χ2n) is 3.80. The number of thiocarbonyl (C=S) groups is 1. The number of rotatable bonds is 2. The maximum Gasteiger partial charge on any atom is 0.164 e. The Balaban J connectivity index is 2.47. The lowest BCUT2D eigenvalue weighted by molar-refractivity contribution is 0.726. The normalized spacial score (nSPS) is 12.3. The van der Waals surface area contributed by atoms with E-state index in [1.54, 1.807) is 0 Å². The highest BCUT2D eigenvalue weighted by Gasteiger charge is 2.08. The lowest BCUT2D eigenvalue weighted by Gasteiger charge is -2.16. The molecule has 0 unspecified atom stereocenters. The molecule has 0 aromatic heterocycles. The van der Waals surface area contributed by atoms with Gasteiger partial charge in [-0.2, -0.15) is 0 Å². The molecular weight excluding hydrogens is 216 g/mol. The highest BCUT2D eigenvalue weighted by atomic mass is 32.1. The summed E-state index contributed by atoms with van der Waals surface area (Å²) in [5, 5.41) is 5.86. The number of fused-ring (bicyclic) bond motifs is 1. The fourth-order valence-corrected chi connectivity index (χ4v) is 2.10. The number of nitrogens with one attached hydrogen (secondary N) is 1. The van der Waals surface area contributed by atoms with E-state index < -0.39 is 0 Å². The van der Waals surface area contributed by atoms with Crippen molar-refractivity contribution in [1.82, 2.24) is 5.32 Å². The molecule has 2 nitrogen and oxygen atoms in total. The zero-order valence-electron chi connectivity index (χ0n) is 9.10. The summed E-state index contributed by atoms with van der Waals surface area (Å²) < 4.78 is 0. The predicted molar refractivity (Wildman–Crippen MR) is 72.3 cm³/mol. The van der Waals surface area contributed by atoms with Gasteiger partial charge in [-0.1, -0.05) is 42.5 Å². The average Bonchev–Trinajstić information content (AvgIpc) is 2.27. The van der Waals surface area contributed by atoms with Crippen molar-refractivity contribution in [2.75, 3.05) is 0 Å². The third-order valence-electron chi connectivity index (χ3n) is 2.65. The molecule has 0 saturated heterocycles. The molecule has 0 amide bonds. The summed E-state index contributed by atoms with van der Waals surface area (Å²) in [6.45, 7) is 2.06. The predicted octanol–water partition coefficient (Wildman–Crippen LogP) is 2.73. The summed E-state index contributed by atoms with van der Waals surface area (Å²) in [6.07, 6.45) is 0. The van der Waals surface area contributed by atoms with Gasteiger partial charge in [0.2, 0.25) is 0 Å². The van der Waals surface area contributed by atoms with Gasteiger partial charge in [0.1, 0.15) is 0 Å². The van der Waals surface area contributed by atoms with E-state index in [-0.39, 0.29) is 6.04 Å². The van der Waals surface area contributed by atoms with Crippen LogP contribution in [0.5, 0.6) is 0 Å².